The first-order valence-electron chi connectivity index (χ1n) is 11.5. The number of carbonyl (C=O) groups is 2. The highest BCUT2D eigenvalue weighted by Gasteiger charge is 2.39. The van der Waals surface area contributed by atoms with E-state index in [1.165, 1.54) is 30.0 Å². The summed E-state index contributed by atoms with van der Waals surface area (Å²) < 4.78 is 19.2. The number of anilines is 1. The number of hydrazone groups is 1. The van der Waals surface area contributed by atoms with E-state index in [9.17, 15) is 14.0 Å². The highest BCUT2D eigenvalue weighted by Crippen LogP contribution is 2.39. The lowest BCUT2D eigenvalue weighted by atomic mass is 9.98. The Balaban J connectivity index is 1.36. The number of hydrogen-bond donors (Lipinski definition) is 1. The molecule has 0 radical (unpaired) electrons. The molecule has 10 heteroatoms. The van der Waals surface area contributed by atoms with Crippen molar-refractivity contribution in [1.82, 2.24) is 5.01 Å². The minimum Gasteiger partial charge on any atom is -0.497 e. The summed E-state index contributed by atoms with van der Waals surface area (Å²) >= 11 is 7.25. The van der Waals surface area contributed by atoms with E-state index in [2.05, 4.69) is 10.3 Å². The SMILES string of the molecule is COc1ccc([C@@H]2CC(c3ccc(Cl)cc3)=NN2C2=NC(=O)[C@H](CC(=O)Nc3ccccc3F)S2)cc1. The van der Waals surface area contributed by atoms with E-state index in [0.29, 0.717) is 16.6 Å². The fraction of sp³-hybridized carbons (Fsp3) is 0.185. The van der Waals surface area contributed by atoms with E-state index in [4.69, 9.17) is 21.4 Å². The van der Waals surface area contributed by atoms with Gasteiger partial charge in [0.2, 0.25) is 5.91 Å². The second-order valence-electron chi connectivity index (χ2n) is 8.46. The number of aliphatic imine (C=N–C) groups is 1. The lowest BCUT2D eigenvalue weighted by Crippen LogP contribution is -2.25. The Morgan fingerprint density at radius 3 is 2.57 bits per heavy atom. The third kappa shape index (κ3) is 5.52. The topological polar surface area (TPSA) is 83.4 Å². The van der Waals surface area contributed by atoms with E-state index < -0.39 is 22.9 Å². The van der Waals surface area contributed by atoms with Crippen LogP contribution < -0.4 is 10.1 Å². The Bertz CT molecular complexity index is 1400. The number of nitrogens with zero attached hydrogens (tertiary/aromatic N) is 3. The van der Waals surface area contributed by atoms with Gasteiger partial charge in [-0.05, 0) is 47.5 Å². The van der Waals surface area contributed by atoms with E-state index in [1.807, 2.05) is 36.4 Å². The molecule has 0 aliphatic carbocycles. The molecule has 0 saturated carbocycles. The van der Waals surface area contributed by atoms with Crippen molar-refractivity contribution in [2.75, 3.05) is 12.4 Å². The molecule has 1 N–H and O–H groups in total. The summed E-state index contributed by atoms with van der Waals surface area (Å²) in [4.78, 5) is 29.5. The van der Waals surface area contributed by atoms with Gasteiger partial charge in [0.05, 0.1) is 24.6 Å². The molecule has 37 heavy (non-hydrogen) atoms. The summed E-state index contributed by atoms with van der Waals surface area (Å²) in [7, 11) is 1.61. The van der Waals surface area contributed by atoms with Gasteiger partial charge in [-0.2, -0.15) is 10.1 Å². The zero-order valence-corrected chi connectivity index (χ0v) is 21.3. The van der Waals surface area contributed by atoms with E-state index in [-0.39, 0.29) is 18.2 Å². The average molecular weight is 537 g/mol. The summed E-state index contributed by atoms with van der Waals surface area (Å²) in [6, 6.07) is 20.8. The van der Waals surface area contributed by atoms with Crippen molar-refractivity contribution in [3.8, 4) is 5.75 Å². The Morgan fingerprint density at radius 2 is 1.86 bits per heavy atom. The van der Waals surface area contributed by atoms with Crippen LogP contribution in [0.3, 0.4) is 0 Å². The van der Waals surface area contributed by atoms with Gasteiger partial charge in [-0.25, -0.2) is 9.40 Å². The second kappa shape index (κ2) is 10.7. The lowest BCUT2D eigenvalue weighted by molar-refractivity contribution is -0.121. The Labute approximate surface area is 222 Å². The smallest absolute Gasteiger partial charge is 0.262 e. The predicted molar refractivity (Wildman–Crippen MR) is 144 cm³/mol. The third-order valence-electron chi connectivity index (χ3n) is 6.03. The number of nitrogens with one attached hydrogen (secondary N) is 1. The third-order valence-corrected chi connectivity index (χ3v) is 7.43. The molecule has 0 fully saturated rings. The summed E-state index contributed by atoms with van der Waals surface area (Å²) in [5.41, 5.74) is 2.79. The van der Waals surface area contributed by atoms with Gasteiger partial charge in [-0.15, -0.1) is 0 Å². The van der Waals surface area contributed by atoms with Crippen molar-refractivity contribution in [2.24, 2.45) is 10.1 Å². The number of halogens is 2. The van der Waals surface area contributed by atoms with Crippen molar-refractivity contribution in [3.63, 3.8) is 0 Å². The number of para-hydroxylation sites is 1. The molecule has 5 rings (SSSR count). The predicted octanol–water partition coefficient (Wildman–Crippen LogP) is 5.67. The van der Waals surface area contributed by atoms with Gasteiger partial charge in [0.1, 0.15) is 16.8 Å². The molecule has 3 aromatic carbocycles. The molecule has 0 aromatic heterocycles. The zero-order chi connectivity index (χ0) is 25.9. The molecule has 2 amide bonds. The highest BCUT2D eigenvalue weighted by atomic mass is 35.5. The lowest BCUT2D eigenvalue weighted by Gasteiger charge is -2.23. The first-order valence-corrected chi connectivity index (χ1v) is 12.8. The summed E-state index contributed by atoms with van der Waals surface area (Å²) in [5, 5.41) is 9.40. The van der Waals surface area contributed by atoms with Crippen LogP contribution >= 0.6 is 23.4 Å². The first-order chi connectivity index (χ1) is 17.9. The Kier molecular flexibility index (Phi) is 7.25. The van der Waals surface area contributed by atoms with Gasteiger partial charge in [0.15, 0.2) is 5.17 Å². The molecule has 188 valence electrons. The molecule has 2 aliphatic rings. The molecular weight excluding hydrogens is 515 g/mol. The van der Waals surface area contributed by atoms with Gasteiger partial charge in [0, 0.05) is 17.9 Å². The number of methoxy groups -OCH3 is 1. The molecule has 0 bridgehead atoms. The fourth-order valence-electron chi connectivity index (χ4n) is 4.13. The van der Waals surface area contributed by atoms with Crippen molar-refractivity contribution < 1.29 is 18.7 Å². The van der Waals surface area contributed by atoms with E-state index >= 15 is 0 Å². The molecule has 2 atom stereocenters. The molecule has 2 heterocycles. The summed E-state index contributed by atoms with van der Waals surface area (Å²) in [5.74, 6) is -0.698. The van der Waals surface area contributed by atoms with E-state index in [0.717, 1.165) is 22.6 Å². The molecule has 0 saturated heterocycles. The minimum atomic E-state index is -0.729. The van der Waals surface area contributed by atoms with Crippen molar-refractivity contribution in [2.45, 2.75) is 24.1 Å². The van der Waals surface area contributed by atoms with Gasteiger partial charge >= 0.3 is 0 Å². The zero-order valence-electron chi connectivity index (χ0n) is 19.7. The van der Waals surface area contributed by atoms with Gasteiger partial charge in [-0.1, -0.05) is 59.8 Å². The first kappa shape index (κ1) is 25.0. The molecule has 0 spiro atoms. The Hall–Kier alpha value is -3.69. The van der Waals surface area contributed by atoms with Gasteiger partial charge in [0.25, 0.3) is 5.91 Å². The van der Waals surface area contributed by atoms with Crippen LogP contribution in [0.25, 0.3) is 0 Å². The van der Waals surface area contributed by atoms with Crippen LogP contribution in [0, 0.1) is 5.82 Å². The highest BCUT2D eigenvalue weighted by molar-refractivity contribution is 8.15. The van der Waals surface area contributed by atoms with Gasteiger partial charge < -0.3 is 10.1 Å². The van der Waals surface area contributed by atoms with Crippen molar-refractivity contribution in [1.29, 1.82) is 0 Å². The standard InChI is InChI=1S/C27H22ClFN4O3S/c1-36-19-12-8-17(9-13-19)23-14-22(16-6-10-18(28)11-7-16)32-33(23)27-31-26(35)24(37-27)15-25(34)30-21-5-3-2-4-20(21)29/h2-13,23-24H,14-15H2,1H3,(H,30,34)/t23-,24-/m0/s1. The van der Waals surface area contributed by atoms with Crippen LogP contribution in [0.5, 0.6) is 5.75 Å². The van der Waals surface area contributed by atoms with Crippen molar-refractivity contribution >= 4 is 51.7 Å². The number of amidine groups is 1. The van der Waals surface area contributed by atoms with Crippen LogP contribution in [-0.4, -0.2) is 40.1 Å². The molecule has 3 aromatic rings. The van der Waals surface area contributed by atoms with Crippen LogP contribution in [0.2, 0.25) is 5.02 Å². The molecule has 7 nitrogen and oxygen atoms in total. The Morgan fingerprint density at radius 1 is 1.14 bits per heavy atom. The van der Waals surface area contributed by atoms with Crippen molar-refractivity contribution in [3.05, 3.63) is 94.8 Å². The summed E-state index contributed by atoms with van der Waals surface area (Å²) in [6.45, 7) is 0. The molecule has 0 unspecified atom stereocenters. The normalized spacial score (nSPS) is 19.0. The van der Waals surface area contributed by atoms with Crippen LogP contribution in [0.1, 0.15) is 30.0 Å². The van der Waals surface area contributed by atoms with E-state index in [1.54, 1.807) is 30.3 Å². The number of thioether (sulfide) groups is 1. The monoisotopic (exact) mass is 536 g/mol. The maximum atomic E-state index is 13.9. The van der Waals surface area contributed by atoms with Crippen LogP contribution in [-0.2, 0) is 9.59 Å². The summed E-state index contributed by atoms with van der Waals surface area (Å²) in [6.07, 6.45) is 0.444. The molecule has 2 aliphatic heterocycles. The quantitative estimate of drug-likeness (QED) is 0.439. The number of ether oxygens (including phenoxy) is 1. The fourth-order valence-corrected chi connectivity index (χ4v) is 5.31. The van der Waals surface area contributed by atoms with Crippen LogP contribution in [0.15, 0.2) is 82.9 Å². The largest absolute Gasteiger partial charge is 0.497 e. The van der Waals surface area contributed by atoms with Gasteiger partial charge in [-0.3, -0.25) is 9.59 Å². The number of benzene rings is 3. The number of carbonyl (C=O) groups excluding carboxylic acids is 2. The minimum absolute atomic E-state index is 0.0698. The second-order valence-corrected chi connectivity index (χ2v) is 10.1. The molecular formula is C27H22ClFN4O3S. The number of rotatable bonds is 6. The average Bonchev–Trinajstić information content (AvgIpc) is 3.50. The maximum Gasteiger partial charge on any atom is 0.262 e. The number of amides is 2. The number of hydrogen-bond acceptors (Lipinski definition) is 6. The maximum absolute atomic E-state index is 13.9. The van der Waals surface area contributed by atoms with Crippen LogP contribution in [0.4, 0.5) is 10.1 Å².